The summed E-state index contributed by atoms with van der Waals surface area (Å²) in [6.07, 6.45) is 2.45. The van der Waals surface area contributed by atoms with Crippen LogP contribution in [0.25, 0.3) is 0 Å². The zero-order valence-corrected chi connectivity index (χ0v) is 11.1. The second-order valence-corrected chi connectivity index (χ2v) is 5.19. The zero-order valence-electron chi connectivity index (χ0n) is 11.1. The zero-order chi connectivity index (χ0) is 12.0. The van der Waals surface area contributed by atoms with E-state index in [0.29, 0.717) is 6.04 Å². The van der Waals surface area contributed by atoms with Gasteiger partial charge in [-0.1, -0.05) is 50.6 Å². The van der Waals surface area contributed by atoms with E-state index in [1.165, 1.54) is 24.0 Å². The van der Waals surface area contributed by atoms with Crippen LogP contribution in [0, 0.1) is 12.8 Å². The third-order valence-electron chi connectivity index (χ3n) is 2.89. The summed E-state index contributed by atoms with van der Waals surface area (Å²) in [4.78, 5) is 0. The molecule has 0 saturated heterocycles. The molecule has 0 bridgehead atoms. The van der Waals surface area contributed by atoms with Gasteiger partial charge in [-0.3, -0.25) is 0 Å². The van der Waals surface area contributed by atoms with Crippen molar-refractivity contribution in [2.24, 2.45) is 5.92 Å². The Hall–Kier alpha value is -0.820. The molecule has 1 aromatic carbocycles. The molecule has 1 nitrogen and oxygen atoms in total. The number of benzene rings is 1. The van der Waals surface area contributed by atoms with Gasteiger partial charge in [0.15, 0.2) is 0 Å². The first-order valence-corrected chi connectivity index (χ1v) is 6.37. The van der Waals surface area contributed by atoms with Crippen LogP contribution in [0.5, 0.6) is 0 Å². The van der Waals surface area contributed by atoms with Gasteiger partial charge in [-0.05, 0) is 37.8 Å². The van der Waals surface area contributed by atoms with Gasteiger partial charge in [0.05, 0.1) is 0 Å². The molecule has 1 N–H and O–H groups in total. The minimum atomic E-state index is 0.603. The quantitative estimate of drug-likeness (QED) is 0.771. The summed E-state index contributed by atoms with van der Waals surface area (Å²) in [5.41, 5.74) is 2.81. The fourth-order valence-corrected chi connectivity index (χ4v) is 1.85. The molecule has 0 aliphatic carbocycles. The lowest BCUT2D eigenvalue weighted by Gasteiger charge is -2.13. The van der Waals surface area contributed by atoms with Crippen molar-refractivity contribution in [1.82, 2.24) is 5.32 Å². The predicted octanol–water partition coefficient (Wildman–Crippen LogP) is 3.56. The third kappa shape index (κ3) is 5.32. The van der Waals surface area contributed by atoms with E-state index in [4.69, 9.17) is 0 Å². The number of hydrogen-bond acceptors (Lipinski definition) is 1. The van der Waals surface area contributed by atoms with Gasteiger partial charge in [-0.25, -0.2) is 0 Å². The van der Waals surface area contributed by atoms with Crippen LogP contribution in [0.2, 0.25) is 0 Å². The fourth-order valence-electron chi connectivity index (χ4n) is 1.85. The van der Waals surface area contributed by atoms with Crippen LogP contribution in [-0.2, 0) is 6.42 Å². The molecule has 0 heterocycles. The van der Waals surface area contributed by atoms with Crippen molar-refractivity contribution in [2.75, 3.05) is 6.54 Å². The summed E-state index contributed by atoms with van der Waals surface area (Å²) in [6.45, 7) is 10.0. The lowest BCUT2D eigenvalue weighted by molar-refractivity contribution is 0.476. The summed E-state index contributed by atoms with van der Waals surface area (Å²) in [7, 11) is 0. The largest absolute Gasteiger partial charge is 0.315 e. The van der Waals surface area contributed by atoms with Crippen LogP contribution in [0.1, 0.15) is 38.3 Å². The molecule has 1 heteroatoms. The number of hydrogen-bond donors (Lipinski definition) is 1. The summed E-state index contributed by atoms with van der Waals surface area (Å²) in [5.74, 6) is 0.758. The smallest absolute Gasteiger partial charge is 0.00103 e. The second kappa shape index (κ2) is 6.70. The third-order valence-corrected chi connectivity index (χ3v) is 2.89. The normalized spacial score (nSPS) is 13.1. The molecule has 0 radical (unpaired) electrons. The van der Waals surface area contributed by atoms with E-state index in [0.717, 1.165) is 12.5 Å². The van der Waals surface area contributed by atoms with Crippen LogP contribution in [0.15, 0.2) is 24.3 Å². The van der Waals surface area contributed by atoms with Crippen LogP contribution in [0.4, 0.5) is 0 Å². The van der Waals surface area contributed by atoms with Gasteiger partial charge in [0.1, 0.15) is 0 Å². The Kier molecular flexibility index (Phi) is 5.54. The first kappa shape index (κ1) is 13.2. The summed E-state index contributed by atoms with van der Waals surface area (Å²) in [5, 5.41) is 3.47. The van der Waals surface area contributed by atoms with Gasteiger partial charge in [0.2, 0.25) is 0 Å². The van der Waals surface area contributed by atoms with E-state index in [-0.39, 0.29) is 0 Å². The highest BCUT2D eigenvalue weighted by molar-refractivity contribution is 5.21. The Bertz CT molecular complexity index is 287. The average Bonchev–Trinajstić information content (AvgIpc) is 2.21. The van der Waals surface area contributed by atoms with E-state index in [9.17, 15) is 0 Å². The van der Waals surface area contributed by atoms with E-state index in [1.807, 2.05) is 0 Å². The Balaban J connectivity index is 2.28. The molecule has 0 aliphatic rings. The van der Waals surface area contributed by atoms with Gasteiger partial charge in [-0.2, -0.15) is 0 Å². The van der Waals surface area contributed by atoms with E-state index in [1.54, 1.807) is 0 Å². The van der Waals surface area contributed by atoms with Crippen molar-refractivity contribution < 1.29 is 0 Å². The Labute approximate surface area is 100 Å². The van der Waals surface area contributed by atoms with Crippen molar-refractivity contribution >= 4 is 0 Å². The van der Waals surface area contributed by atoms with Crippen LogP contribution >= 0.6 is 0 Å². The molecule has 0 saturated carbocycles. The molecule has 16 heavy (non-hydrogen) atoms. The molecule has 0 spiro atoms. The number of aryl methyl sites for hydroxylation is 1. The van der Waals surface area contributed by atoms with Crippen molar-refractivity contribution in [3.05, 3.63) is 35.4 Å². The minimum absolute atomic E-state index is 0.603. The van der Waals surface area contributed by atoms with E-state index in [2.05, 4.69) is 57.3 Å². The molecule has 1 aromatic rings. The molecular weight excluding hydrogens is 194 g/mol. The summed E-state index contributed by atoms with van der Waals surface area (Å²) < 4.78 is 0. The van der Waals surface area contributed by atoms with Crippen molar-refractivity contribution in [2.45, 2.75) is 46.6 Å². The van der Waals surface area contributed by atoms with E-state index >= 15 is 0 Å². The lowest BCUT2D eigenvalue weighted by atomic mass is 9.97. The monoisotopic (exact) mass is 219 g/mol. The fraction of sp³-hybridized carbons (Fsp3) is 0.600. The summed E-state index contributed by atoms with van der Waals surface area (Å²) >= 11 is 0. The predicted molar refractivity (Wildman–Crippen MR) is 71.8 cm³/mol. The molecule has 0 amide bonds. The second-order valence-electron chi connectivity index (χ2n) is 5.19. The molecule has 0 aliphatic heterocycles. The first-order chi connectivity index (χ1) is 7.58. The Morgan fingerprint density at radius 2 is 1.69 bits per heavy atom. The maximum Gasteiger partial charge on any atom is 0.00103 e. The van der Waals surface area contributed by atoms with Gasteiger partial charge in [0.25, 0.3) is 0 Å². The molecular formula is C15H25N. The summed E-state index contributed by atoms with van der Waals surface area (Å²) in [6, 6.07) is 9.51. The van der Waals surface area contributed by atoms with Gasteiger partial charge >= 0.3 is 0 Å². The Morgan fingerprint density at radius 1 is 1.06 bits per heavy atom. The number of nitrogens with one attached hydrogen (secondary N) is 1. The average molecular weight is 219 g/mol. The van der Waals surface area contributed by atoms with Crippen LogP contribution in [-0.4, -0.2) is 12.6 Å². The first-order valence-electron chi connectivity index (χ1n) is 6.37. The minimum Gasteiger partial charge on any atom is -0.315 e. The molecule has 0 aromatic heterocycles. The lowest BCUT2D eigenvalue weighted by Crippen LogP contribution is -2.25. The highest BCUT2D eigenvalue weighted by Gasteiger charge is 2.03. The molecule has 1 unspecified atom stereocenters. The highest BCUT2D eigenvalue weighted by atomic mass is 14.9. The van der Waals surface area contributed by atoms with Gasteiger partial charge in [0, 0.05) is 6.04 Å². The van der Waals surface area contributed by atoms with Crippen LogP contribution < -0.4 is 5.32 Å². The molecule has 0 fully saturated rings. The SMILES string of the molecule is Cc1ccc(CC(C)CCNC(C)C)cc1. The van der Waals surface area contributed by atoms with E-state index < -0.39 is 0 Å². The topological polar surface area (TPSA) is 12.0 Å². The maximum absolute atomic E-state index is 3.47. The van der Waals surface area contributed by atoms with Gasteiger partial charge < -0.3 is 5.32 Å². The highest BCUT2D eigenvalue weighted by Crippen LogP contribution is 2.12. The van der Waals surface area contributed by atoms with Crippen LogP contribution in [0.3, 0.4) is 0 Å². The molecule has 1 rings (SSSR count). The van der Waals surface area contributed by atoms with Gasteiger partial charge in [-0.15, -0.1) is 0 Å². The van der Waals surface area contributed by atoms with Crippen molar-refractivity contribution in [3.8, 4) is 0 Å². The number of rotatable bonds is 6. The molecule has 1 atom stereocenters. The maximum atomic E-state index is 3.47. The standard InChI is InChI=1S/C15H25N/c1-12(2)16-10-9-14(4)11-15-7-5-13(3)6-8-15/h5-8,12,14,16H,9-11H2,1-4H3. The van der Waals surface area contributed by atoms with Crippen molar-refractivity contribution in [1.29, 1.82) is 0 Å². The Morgan fingerprint density at radius 3 is 2.25 bits per heavy atom. The van der Waals surface area contributed by atoms with Crippen molar-refractivity contribution in [3.63, 3.8) is 0 Å². The molecule has 90 valence electrons.